The normalized spacial score (nSPS) is 22.8. The number of ketones is 3. The number of aromatic hydroxyl groups is 2. The molecule has 4 aromatic carbocycles. The highest BCUT2D eigenvalue weighted by Gasteiger charge is 2.47. The molecule has 1 amide bonds. The van der Waals surface area contributed by atoms with Gasteiger partial charge in [0.25, 0.3) is 0 Å². The Bertz CT molecular complexity index is 2240. The van der Waals surface area contributed by atoms with Crippen LogP contribution in [0.25, 0.3) is 0 Å². The first-order valence-corrected chi connectivity index (χ1v) is 19.4. The molecule has 0 aromatic heterocycles. The van der Waals surface area contributed by atoms with E-state index in [-0.39, 0.29) is 47.3 Å². The molecule has 2 aliphatic carbocycles. The van der Waals surface area contributed by atoms with Crippen LogP contribution in [0.2, 0.25) is 0 Å². The second kappa shape index (κ2) is 16.2. The summed E-state index contributed by atoms with van der Waals surface area (Å²) in [6.45, 7) is 4.78. The molecule has 1 heterocycles. The summed E-state index contributed by atoms with van der Waals surface area (Å²) in [6, 6.07) is 22.2. The highest BCUT2D eigenvalue weighted by atomic mass is 19.4. The van der Waals surface area contributed by atoms with Crippen LogP contribution >= 0.6 is 0 Å². The summed E-state index contributed by atoms with van der Waals surface area (Å²) in [7, 11) is 1.32. The predicted octanol–water partition coefficient (Wildman–Crippen LogP) is 7.26. The van der Waals surface area contributed by atoms with E-state index in [2.05, 4.69) is 0 Å². The zero-order chi connectivity index (χ0) is 42.4. The Labute approximate surface area is 338 Å². The second-order valence-electron chi connectivity index (χ2n) is 15.3. The maximum atomic E-state index is 14.4. The van der Waals surface area contributed by atoms with Crippen molar-refractivity contribution < 1.29 is 61.5 Å². The minimum atomic E-state index is -5.14. The van der Waals surface area contributed by atoms with E-state index >= 15 is 0 Å². The number of carbonyl (C=O) groups excluding carboxylic acids is 4. The molecule has 0 radical (unpaired) electrons. The average Bonchev–Trinajstić information content (AvgIpc) is 3.23. The van der Waals surface area contributed by atoms with Crippen molar-refractivity contribution in [3.8, 4) is 17.2 Å². The molecule has 4 aromatic rings. The molecule has 11 nitrogen and oxygen atoms in total. The number of hydrogen-bond donors (Lipinski definition) is 3. The summed E-state index contributed by atoms with van der Waals surface area (Å²) < 4.78 is 64.5. The van der Waals surface area contributed by atoms with Crippen molar-refractivity contribution in [3.63, 3.8) is 0 Å². The van der Waals surface area contributed by atoms with Gasteiger partial charge in [0.1, 0.15) is 29.5 Å². The van der Waals surface area contributed by atoms with Crippen molar-refractivity contribution in [2.45, 2.75) is 82.8 Å². The third-order valence-corrected chi connectivity index (χ3v) is 12.0. The van der Waals surface area contributed by atoms with Gasteiger partial charge in [0.15, 0.2) is 17.9 Å². The van der Waals surface area contributed by atoms with Crippen LogP contribution in [0, 0.1) is 11.8 Å². The maximum absolute atomic E-state index is 14.4. The lowest BCUT2D eigenvalue weighted by atomic mass is 9.73. The van der Waals surface area contributed by atoms with Crippen molar-refractivity contribution in [2.75, 3.05) is 13.7 Å². The number of halogens is 3. The van der Waals surface area contributed by atoms with E-state index in [1.165, 1.54) is 25.3 Å². The van der Waals surface area contributed by atoms with Gasteiger partial charge in [-0.05, 0) is 43.4 Å². The van der Waals surface area contributed by atoms with Crippen LogP contribution < -0.4 is 10.1 Å². The van der Waals surface area contributed by atoms with Crippen LogP contribution in [0.1, 0.15) is 100 Å². The number of phenolic OH excluding ortho intramolecular Hbond substituents is 2. The number of benzene rings is 4. The molecule has 1 aliphatic heterocycles. The maximum Gasteiger partial charge on any atom is 0.471 e. The number of methoxy groups -OCH3 is 1. The lowest BCUT2D eigenvalue weighted by molar-refractivity contribution is -0.235. The zero-order valence-corrected chi connectivity index (χ0v) is 32.8. The van der Waals surface area contributed by atoms with E-state index in [0.29, 0.717) is 6.42 Å². The molecular formula is C45H44F3NO10. The lowest BCUT2D eigenvalue weighted by Crippen LogP contribution is -2.53. The molecular weight excluding hydrogens is 771 g/mol. The van der Waals surface area contributed by atoms with Crippen molar-refractivity contribution in [1.82, 2.24) is 5.32 Å². The first-order valence-electron chi connectivity index (χ1n) is 19.4. The van der Waals surface area contributed by atoms with E-state index in [1.807, 2.05) is 72.9 Å². The van der Waals surface area contributed by atoms with Crippen LogP contribution in [0.5, 0.6) is 17.2 Å². The Kier molecular flexibility index (Phi) is 11.4. The quantitative estimate of drug-likeness (QED) is 0.116. The fraction of sp³-hybridized carbons (Fsp3) is 0.378. The first kappa shape index (κ1) is 41.6. The Morgan fingerprint density at radius 2 is 1.47 bits per heavy atom. The van der Waals surface area contributed by atoms with Crippen molar-refractivity contribution >= 4 is 23.3 Å². The molecule has 7 rings (SSSR count). The Hall–Kier alpha value is -5.57. The number of rotatable bonds is 11. The first-order chi connectivity index (χ1) is 28.1. The minimum absolute atomic E-state index is 0.0182. The third-order valence-electron chi connectivity index (χ3n) is 12.0. The van der Waals surface area contributed by atoms with Gasteiger partial charge in [0.05, 0.1) is 36.0 Å². The summed E-state index contributed by atoms with van der Waals surface area (Å²) in [5.41, 5.74) is -0.580. The minimum Gasteiger partial charge on any atom is -0.507 e. The molecule has 0 bridgehead atoms. The molecule has 0 saturated carbocycles. The van der Waals surface area contributed by atoms with E-state index in [4.69, 9.17) is 18.9 Å². The number of nitrogens with one attached hydrogen (secondary N) is 1. The number of fused-ring (bicyclic) bond motifs is 3. The van der Waals surface area contributed by atoms with E-state index in [0.717, 1.165) is 11.1 Å². The van der Waals surface area contributed by atoms with Crippen molar-refractivity contribution in [2.24, 2.45) is 11.8 Å². The number of alkyl halides is 3. The summed E-state index contributed by atoms with van der Waals surface area (Å²) >= 11 is 0. The standard InChI is InChI=1S/C45H44F3NO10/c1-5-44(26-13-8-6-9-14-26,27-15-10-7-11-16-27)57-22-31(50)25-19-29-36(33(20-25)59-34-21-30(23(2)24(3)58-34)49-43(55)45(46,47)48)42(54)38-37(40(29)52)39(51)28-17-12-18-32(56-4)35(28)41(38)53/h6-18,23-25,30,33-34,52,54H,5,19-22H2,1-4H3,(H,49,55)/t23-,24-,25+,30-,33-,34-/m0/s1. The van der Waals surface area contributed by atoms with Gasteiger partial charge in [-0.25, -0.2) is 0 Å². The Morgan fingerprint density at radius 1 is 0.847 bits per heavy atom. The van der Waals surface area contributed by atoms with Crippen LogP contribution in [-0.4, -0.2) is 71.8 Å². The highest BCUT2D eigenvalue weighted by molar-refractivity contribution is 6.31. The van der Waals surface area contributed by atoms with Crippen molar-refractivity contribution in [3.05, 3.63) is 123 Å². The number of Topliss-reactive ketones (excluding diaryl/α,β-unsaturated/α-hetero) is 1. The van der Waals surface area contributed by atoms with Gasteiger partial charge < -0.3 is 34.5 Å². The summed E-state index contributed by atoms with van der Waals surface area (Å²) in [4.78, 5) is 54.6. The highest BCUT2D eigenvalue weighted by Crippen LogP contribution is 2.52. The predicted molar refractivity (Wildman–Crippen MR) is 206 cm³/mol. The number of ether oxygens (including phenoxy) is 4. The molecule has 0 spiro atoms. The lowest BCUT2D eigenvalue weighted by Gasteiger charge is -2.42. The molecule has 1 saturated heterocycles. The molecule has 6 atom stereocenters. The number of amides is 1. The monoisotopic (exact) mass is 815 g/mol. The summed E-state index contributed by atoms with van der Waals surface area (Å²) in [5, 5.41) is 26.0. The smallest absolute Gasteiger partial charge is 0.471 e. The van der Waals surface area contributed by atoms with Crippen LogP contribution in [-0.2, 0) is 35.8 Å². The van der Waals surface area contributed by atoms with Gasteiger partial charge in [-0.1, -0.05) is 86.6 Å². The molecule has 3 aliphatic rings. The van der Waals surface area contributed by atoms with Crippen LogP contribution in [0.3, 0.4) is 0 Å². The summed E-state index contributed by atoms with van der Waals surface area (Å²) in [6.07, 6.45) is -8.53. The molecule has 59 heavy (non-hydrogen) atoms. The van der Waals surface area contributed by atoms with Gasteiger partial charge in [-0.2, -0.15) is 13.2 Å². The number of hydrogen-bond acceptors (Lipinski definition) is 10. The van der Waals surface area contributed by atoms with E-state index < -0.39 is 101 Å². The summed E-state index contributed by atoms with van der Waals surface area (Å²) in [5.74, 6) is -6.79. The van der Waals surface area contributed by atoms with Gasteiger partial charge in [-0.3, -0.25) is 19.2 Å². The number of phenols is 2. The second-order valence-corrected chi connectivity index (χ2v) is 15.3. The van der Waals surface area contributed by atoms with Crippen LogP contribution in [0.15, 0.2) is 78.9 Å². The van der Waals surface area contributed by atoms with E-state index in [1.54, 1.807) is 13.8 Å². The number of carbonyl (C=O) groups is 4. The zero-order valence-electron chi connectivity index (χ0n) is 32.8. The van der Waals surface area contributed by atoms with Gasteiger partial charge in [0, 0.05) is 41.0 Å². The topological polar surface area (TPSA) is 158 Å². The fourth-order valence-electron chi connectivity index (χ4n) is 8.70. The van der Waals surface area contributed by atoms with Crippen molar-refractivity contribution in [1.29, 1.82) is 0 Å². The average molecular weight is 816 g/mol. The molecule has 1 fully saturated rings. The van der Waals surface area contributed by atoms with Gasteiger partial charge in [0.2, 0.25) is 5.78 Å². The molecule has 0 unspecified atom stereocenters. The molecule has 3 N–H and O–H groups in total. The van der Waals surface area contributed by atoms with E-state index in [9.17, 15) is 42.6 Å². The Morgan fingerprint density at radius 3 is 2.07 bits per heavy atom. The SMILES string of the molecule is CCC(OCC(=O)[C@@H]1Cc2c(O)c3c(c(O)c2[C@@H](O[C@H]2C[C@H](NC(=O)C(F)(F)F)[C@@H](C)[C@H](C)O2)C1)C(=O)c1c(OC)cccc1C3=O)(c1ccccc1)c1ccccc1. The van der Waals surface area contributed by atoms with Gasteiger partial charge in [-0.15, -0.1) is 0 Å². The molecule has 14 heteroatoms. The van der Waals surface area contributed by atoms with Crippen LogP contribution in [0.4, 0.5) is 13.2 Å². The third kappa shape index (κ3) is 7.49. The molecule has 310 valence electrons. The largest absolute Gasteiger partial charge is 0.507 e. The van der Waals surface area contributed by atoms with Gasteiger partial charge >= 0.3 is 12.1 Å². The fourth-order valence-corrected chi connectivity index (χ4v) is 8.70. The Balaban J connectivity index is 1.28.